The van der Waals surface area contributed by atoms with Gasteiger partial charge in [0.1, 0.15) is 5.56 Å². The third kappa shape index (κ3) is 4.83. The fourth-order valence-corrected chi connectivity index (χ4v) is 5.49. The first-order valence-corrected chi connectivity index (χ1v) is 13.0. The summed E-state index contributed by atoms with van der Waals surface area (Å²) in [6.45, 7) is 0. The number of rotatable bonds is 5. The molecule has 1 aliphatic heterocycles. The van der Waals surface area contributed by atoms with Crippen LogP contribution in [0.3, 0.4) is 0 Å². The average molecular weight is 494 g/mol. The van der Waals surface area contributed by atoms with E-state index in [4.69, 9.17) is 4.74 Å². The molecule has 0 bridgehead atoms. The molecule has 1 fully saturated rings. The normalized spacial score (nSPS) is 18.7. The van der Waals surface area contributed by atoms with E-state index >= 15 is 0 Å². The molecular weight excluding hydrogens is 470 g/mol. The van der Waals surface area contributed by atoms with Crippen molar-refractivity contribution >= 4 is 38.4 Å². The number of para-hydroxylation sites is 1. The van der Waals surface area contributed by atoms with Gasteiger partial charge < -0.3 is 15.0 Å². The second-order valence-corrected chi connectivity index (χ2v) is 10.6. The third-order valence-corrected chi connectivity index (χ3v) is 7.65. The maximum atomic E-state index is 12.9. The molecule has 3 aromatic rings. The Bertz CT molecular complexity index is 1510. The highest BCUT2D eigenvalue weighted by Crippen LogP contribution is 2.43. The van der Waals surface area contributed by atoms with E-state index in [0.29, 0.717) is 16.6 Å². The largest absolute Gasteiger partial charge is 0.417 e. The summed E-state index contributed by atoms with van der Waals surface area (Å²) in [5, 5.41) is 6.79. The van der Waals surface area contributed by atoms with Crippen LogP contribution in [0.1, 0.15) is 41.1 Å². The molecule has 3 N–H and O–H groups in total. The molecule has 10 heteroatoms. The second kappa shape index (κ2) is 9.03. The van der Waals surface area contributed by atoms with Gasteiger partial charge in [-0.05, 0) is 43.0 Å². The Hall–Kier alpha value is -3.92. The molecule has 2 amide bonds. The third-order valence-electron chi connectivity index (χ3n) is 6.25. The minimum Gasteiger partial charge on any atom is -0.408 e. The molecule has 180 valence electrons. The first kappa shape index (κ1) is 22.9. The number of nitrogens with one attached hydrogen (secondary N) is 3. The molecule has 2 aliphatic rings. The van der Waals surface area contributed by atoms with E-state index in [1.165, 1.54) is 12.1 Å². The van der Waals surface area contributed by atoms with Gasteiger partial charge in [0.2, 0.25) is 0 Å². The molecule has 1 aliphatic carbocycles. The Balaban J connectivity index is 1.47. The average Bonchev–Trinajstić information content (AvgIpc) is 3.12. The number of pyridine rings is 1. The predicted octanol–water partition coefficient (Wildman–Crippen LogP) is 3.45. The van der Waals surface area contributed by atoms with Gasteiger partial charge in [0, 0.05) is 22.0 Å². The van der Waals surface area contributed by atoms with Gasteiger partial charge in [-0.15, -0.1) is 0 Å². The van der Waals surface area contributed by atoms with Crippen molar-refractivity contribution in [3.8, 4) is 5.75 Å². The van der Waals surface area contributed by atoms with Crippen LogP contribution >= 0.6 is 0 Å². The lowest BCUT2D eigenvalue weighted by Gasteiger charge is -2.28. The highest BCUT2D eigenvalue weighted by atomic mass is 32.2. The van der Waals surface area contributed by atoms with E-state index in [2.05, 4.69) is 15.6 Å². The molecule has 2 heterocycles. The van der Waals surface area contributed by atoms with E-state index in [0.717, 1.165) is 30.2 Å². The molecule has 35 heavy (non-hydrogen) atoms. The fourth-order valence-electron chi connectivity index (χ4n) is 4.25. The number of amides is 2. The summed E-state index contributed by atoms with van der Waals surface area (Å²) in [5.74, 6) is -0.466. The molecule has 0 saturated heterocycles. The number of hydrogen-bond donors (Lipinski definition) is 3. The van der Waals surface area contributed by atoms with Crippen LogP contribution in [0.15, 0.2) is 64.8 Å². The lowest BCUT2D eigenvalue weighted by molar-refractivity contribution is 0.0946. The highest BCUT2D eigenvalue weighted by Gasteiger charge is 2.28. The Kier molecular flexibility index (Phi) is 5.89. The smallest absolute Gasteiger partial charge is 0.408 e. The summed E-state index contributed by atoms with van der Waals surface area (Å²) in [6.07, 6.45) is 3.65. The SMILES string of the molecule is O=C(Nc1ccccc1)Oc1c(C2CCC2)ccc2cc(C(=O)N[C@@H]3C=CS(=O)(=O)C3)c(=O)[nH]c12. The minimum absolute atomic E-state index is 0.161. The van der Waals surface area contributed by atoms with Crippen LogP contribution in [0, 0.1) is 0 Å². The fraction of sp³-hybridized carbons (Fsp3) is 0.240. The van der Waals surface area contributed by atoms with Crippen LogP contribution < -0.4 is 20.9 Å². The van der Waals surface area contributed by atoms with Gasteiger partial charge in [0.25, 0.3) is 11.5 Å². The molecule has 5 rings (SSSR count). The maximum Gasteiger partial charge on any atom is 0.417 e. The number of hydrogen-bond acceptors (Lipinski definition) is 6. The highest BCUT2D eigenvalue weighted by molar-refractivity contribution is 7.94. The Labute approximate surface area is 201 Å². The van der Waals surface area contributed by atoms with Crippen LogP contribution in [0.2, 0.25) is 0 Å². The van der Waals surface area contributed by atoms with E-state index in [1.807, 2.05) is 12.1 Å². The number of benzene rings is 2. The number of aromatic amines is 1. The molecule has 0 spiro atoms. The molecule has 0 radical (unpaired) electrons. The van der Waals surface area contributed by atoms with Gasteiger partial charge in [-0.25, -0.2) is 13.2 Å². The molecule has 1 saturated carbocycles. The van der Waals surface area contributed by atoms with Crippen molar-refractivity contribution in [3.05, 3.63) is 81.5 Å². The molecule has 0 unspecified atom stereocenters. The summed E-state index contributed by atoms with van der Waals surface area (Å²) in [4.78, 5) is 40.9. The van der Waals surface area contributed by atoms with Gasteiger partial charge in [0.05, 0.1) is 17.3 Å². The quantitative estimate of drug-likeness (QED) is 0.498. The molecule has 1 atom stereocenters. The van der Waals surface area contributed by atoms with Crippen LogP contribution in [-0.2, 0) is 9.84 Å². The van der Waals surface area contributed by atoms with Crippen molar-refractivity contribution in [2.45, 2.75) is 31.2 Å². The molecule has 1 aromatic heterocycles. The number of carbonyl (C=O) groups is 2. The van der Waals surface area contributed by atoms with Gasteiger partial charge in [0.15, 0.2) is 15.6 Å². The molecular formula is C25H23N3O6S. The van der Waals surface area contributed by atoms with Crippen molar-refractivity contribution in [1.82, 2.24) is 10.3 Å². The number of carbonyl (C=O) groups excluding carboxylic acids is 2. The Morgan fingerprint density at radius 3 is 2.49 bits per heavy atom. The van der Waals surface area contributed by atoms with Gasteiger partial charge in [-0.3, -0.25) is 14.9 Å². The summed E-state index contributed by atoms with van der Waals surface area (Å²) < 4.78 is 28.9. The second-order valence-electron chi connectivity index (χ2n) is 8.71. The summed E-state index contributed by atoms with van der Waals surface area (Å²) in [7, 11) is -3.35. The monoisotopic (exact) mass is 493 g/mol. The predicted molar refractivity (Wildman–Crippen MR) is 131 cm³/mol. The number of fused-ring (bicyclic) bond motifs is 1. The van der Waals surface area contributed by atoms with E-state index in [1.54, 1.807) is 30.3 Å². The summed E-state index contributed by atoms with van der Waals surface area (Å²) >= 11 is 0. The van der Waals surface area contributed by atoms with Crippen LogP contribution in [0.25, 0.3) is 10.9 Å². The number of ether oxygens (including phenoxy) is 1. The van der Waals surface area contributed by atoms with Gasteiger partial charge >= 0.3 is 6.09 Å². The van der Waals surface area contributed by atoms with Crippen LogP contribution in [-0.4, -0.2) is 37.2 Å². The standard InChI is InChI=1S/C25H23N3O6S/c29-23(26-18-11-12-35(32,33)14-18)20-13-16-9-10-19(15-5-4-6-15)22(21(16)28-24(20)30)34-25(31)27-17-7-2-1-3-8-17/h1-3,7-13,15,18H,4-6,14H2,(H,26,29)(H,27,31)(H,28,30)/t18-/m1/s1. The molecule has 9 nitrogen and oxygen atoms in total. The minimum atomic E-state index is -3.35. The van der Waals surface area contributed by atoms with E-state index in [-0.39, 0.29) is 23.0 Å². The first-order valence-electron chi connectivity index (χ1n) is 11.2. The molecule has 2 aromatic carbocycles. The number of sulfone groups is 1. The number of anilines is 1. The zero-order valence-corrected chi connectivity index (χ0v) is 19.4. The zero-order chi connectivity index (χ0) is 24.6. The lowest BCUT2D eigenvalue weighted by atomic mass is 9.79. The van der Waals surface area contributed by atoms with Crippen molar-refractivity contribution in [2.75, 3.05) is 11.1 Å². The van der Waals surface area contributed by atoms with Crippen molar-refractivity contribution in [2.24, 2.45) is 0 Å². The maximum absolute atomic E-state index is 12.9. The van der Waals surface area contributed by atoms with Crippen molar-refractivity contribution < 1.29 is 22.7 Å². The topological polar surface area (TPSA) is 134 Å². The first-order chi connectivity index (χ1) is 16.8. The summed E-state index contributed by atoms with van der Waals surface area (Å²) in [5.41, 5.74) is 0.882. The lowest BCUT2D eigenvalue weighted by Crippen LogP contribution is -2.38. The van der Waals surface area contributed by atoms with Crippen molar-refractivity contribution in [1.29, 1.82) is 0 Å². The Morgan fingerprint density at radius 2 is 1.83 bits per heavy atom. The Morgan fingerprint density at radius 1 is 1.06 bits per heavy atom. The van der Waals surface area contributed by atoms with E-state index in [9.17, 15) is 22.8 Å². The van der Waals surface area contributed by atoms with E-state index < -0.39 is 33.4 Å². The van der Waals surface area contributed by atoms with Crippen LogP contribution in [0.5, 0.6) is 5.75 Å². The van der Waals surface area contributed by atoms with Gasteiger partial charge in [-0.1, -0.05) is 36.8 Å². The van der Waals surface area contributed by atoms with Gasteiger partial charge in [-0.2, -0.15) is 0 Å². The van der Waals surface area contributed by atoms with Crippen LogP contribution in [0.4, 0.5) is 10.5 Å². The number of aromatic nitrogens is 1. The zero-order valence-electron chi connectivity index (χ0n) is 18.6. The van der Waals surface area contributed by atoms with Crippen molar-refractivity contribution in [3.63, 3.8) is 0 Å². The summed E-state index contributed by atoms with van der Waals surface area (Å²) in [6, 6.07) is 13.2. The number of H-pyrrole nitrogens is 1.